The minimum Gasteiger partial charge on any atom is -0.478 e. The van der Waals surface area contributed by atoms with Crippen molar-refractivity contribution in [2.75, 3.05) is 5.32 Å². The van der Waals surface area contributed by atoms with Gasteiger partial charge < -0.3 is 10.4 Å². The van der Waals surface area contributed by atoms with E-state index in [2.05, 4.69) is 20.5 Å². The van der Waals surface area contributed by atoms with Gasteiger partial charge in [-0.25, -0.2) is 9.78 Å². The summed E-state index contributed by atoms with van der Waals surface area (Å²) in [6, 6.07) is 2.62. The molecule has 86 valence electrons. The van der Waals surface area contributed by atoms with Crippen LogP contribution in [0.25, 0.3) is 0 Å². The highest BCUT2D eigenvalue weighted by Crippen LogP contribution is 2.08. The summed E-state index contributed by atoms with van der Waals surface area (Å²) in [5, 5.41) is 17.4. The zero-order valence-corrected chi connectivity index (χ0v) is 8.54. The Kier molecular flexibility index (Phi) is 2.82. The molecule has 0 radical (unpaired) electrons. The topological polar surface area (TPSA) is 108 Å². The number of aromatic amines is 1. The molecule has 0 unspecified atom stereocenters. The number of hydrogen-bond donors (Lipinski definition) is 3. The Morgan fingerprint density at radius 1 is 1.35 bits per heavy atom. The van der Waals surface area contributed by atoms with E-state index in [4.69, 9.17) is 5.11 Å². The van der Waals surface area contributed by atoms with Crippen LogP contribution in [0.2, 0.25) is 0 Å². The first-order chi connectivity index (χ1) is 8.16. The molecule has 0 spiro atoms. The molecule has 0 aliphatic heterocycles. The SMILES string of the molecule is O=C(O)c1ccnc(NC(=O)c2cn[nH]c2)c1. The minimum atomic E-state index is -1.08. The highest BCUT2D eigenvalue weighted by molar-refractivity contribution is 6.03. The van der Waals surface area contributed by atoms with Crippen LogP contribution < -0.4 is 5.32 Å². The van der Waals surface area contributed by atoms with Crippen molar-refractivity contribution in [1.82, 2.24) is 15.2 Å². The molecule has 3 N–H and O–H groups in total. The minimum absolute atomic E-state index is 0.0579. The second-order valence-corrected chi connectivity index (χ2v) is 3.18. The van der Waals surface area contributed by atoms with E-state index in [1.54, 1.807) is 0 Å². The molecular formula is C10H8N4O3. The highest BCUT2D eigenvalue weighted by Gasteiger charge is 2.09. The van der Waals surface area contributed by atoms with Gasteiger partial charge in [-0.3, -0.25) is 9.89 Å². The van der Waals surface area contributed by atoms with Crippen molar-refractivity contribution in [1.29, 1.82) is 0 Å². The Hall–Kier alpha value is -2.70. The fraction of sp³-hybridized carbons (Fsp3) is 0. The summed E-state index contributed by atoms with van der Waals surface area (Å²) in [7, 11) is 0. The molecule has 2 heterocycles. The van der Waals surface area contributed by atoms with Gasteiger partial charge in [0.05, 0.1) is 17.3 Å². The molecule has 17 heavy (non-hydrogen) atoms. The van der Waals surface area contributed by atoms with E-state index in [1.165, 1.54) is 30.7 Å². The van der Waals surface area contributed by atoms with Crippen molar-refractivity contribution in [3.05, 3.63) is 41.9 Å². The average Bonchev–Trinajstić information content (AvgIpc) is 2.82. The average molecular weight is 232 g/mol. The fourth-order valence-electron chi connectivity index (χ4n) is 1.20. The summed E-state index contributed by atoms with van der Waals surface area (Å²) in [5.74, 6) is -1.31. The molecule has 0 saturated carbocycles. The number of hydrogen-bond acceptors (Lipinski definition) is 4. The number of aromatic nitrogens is 3. The maximum absolute atomic E-state index is 11.6. The summed E-state index contributed by atoms with van der Waals surface area (Å²) in [6.07, 6.45) is 4.10. The second-order valence-electron chi connectivity index (χ2n) is 3.18. The van der Waals surface area contributed by atoms with E-state index in [1.807, 2.05) is 0 Å². The smallest absolute Gasteiger partial charge is 0.335 e. The summed E-state index contributed by atoms with van der Waals surface area (Å²) in [5.41, 5.74) is 0.398. The molecule has 0 aliphatic rings. The Morgan fingerprint density at radius 2 is 2.18 bits per heavy atom. The van der Waals surface area contributed by atoms with Gasteiger partial charge in [-0.2, -0.15) is 5.10 Å². The number of carbonyl (C=O) groups is 2. The van der Waals surface area contributed by atoms with Gasteiger partial charge in [0.25, 0.3) is 5.91 Å². The largest absolute Gasteiger partial charge is 0.478 e. The third-order valence-electron chi connectivity index (χ3n) is 2.01. The van der Waals surface area contributed by atoms with Crippen LogP contribution in [0.5, 0.6) is 0 Å². The first-order valence-corrected chi connectivity index (χ1v) is 4.66. The second kappa shape index (κ2) is 4.44. The van der Waals surface area contributed by atoms with E-state index in [0.717, 1.165) is 0 Å². The molecule has 0 bridgehead atoms. The predicted molar refractivity (Wildman–Crippen MR) is 57.7 cm³/mol. The molecule has 0 aliphatic carbocycles. The van der Waals surface area contributed by atoms with Crippen LogP contribution in [0, 0.1) is 0 Å². The maximum Gasteiger partial charge on any atom is 0.335 e. The lowest BCUT2D eigenvalue weighted by Crippen LogP contribution is -2.12. The number of amides is 1. The van der Waals surface area contributed by atoms with Gasteiger partial charge in [-0.1, -0.05) is 0 Å². The van der Waals surface area contributed by atoms with Gasteiger partial charge in [0.1, 0.15) is 5.82 Å². The molecule has 2 aromatic rings. The van der Waals surface area contributed by atoms with Crippen LogP contribution in [-0.2, 0) is 0 Å². The maximum atomic E-state index is 11.6. The molecule has 0 atom stereocenters. The van der Waals surface area contributed by atoms with Crippen molar-refractivity contribution >= 4 is 17.7 Å². The molecule has 7 heteroatoms. The standard InChI is InChI=1S/C10H8N4O3/c15-9(7-4-12-13-5-7)14-8-3-6(10(16)17)1-2-11-8/h1-5H,(H,12,13)(H,16,17)(H,11,14,15). The summed E-state index contributed by atoms with van der Waals surface area (Å²) in [4.78, 5) is 26.2. The zero-order valence-electron chi connectivity index (χ0n) is 8.54. The number of nitrogens with one attached hydrogen (secondary N) is 2. The number of H-pyrrole nitrogens is 1. The van der Waals surface area contributed by atoms with Crippen LogP contribution in [0.3, 0.4) is 0 Å². The third-order valence-corrected chi connectivity index (χ3v) is 2.01. The Labute approximate surface area is 95.5 Å². The summed E-state index contributed by atoms with van der Waals surface area (Å²) in [6.45, 7) is 0. The Balaban J connectivity index is 2.16. The molecule has 0 saturated heterocycles. The summed E-state index contributed by atoms with van der Waals surface area (Å²) < 4.78 is 0. The number of pyridine rings is 1. The van der Waals surface area contributed by atoms with Crippen molar-refractivity contribution in [3.63, 3.8) is 0 Å². The van der Waals surface area contributed by atoms with Crippen molar-refractivity contribution < 1.29 is 14.7 Å². The fourth-order valence-corrected chi connectivity index (χ4v) is 1.20. The number of rotatable bonds is 3. The van der Waals surface area contributed by atoms with E-state index in [9.17, 15) is 9.59 Å². The molecule has 0 fully saturated rings. The summed E-state index contributed by atoms with van der Waals surface area (Å²) >= 11 is 0. The zero-order chi connectivity index (χ0) is 12.3. The first kappa shape index (κ1) is 10.8. The van der Waals surface area contributed by atoms with E-state index in [0.29, 0.717) is 5.56 Å². The third kappa shape index (κ3) is 2.46. The Bertz CT molecular complexity index is 550. The van der Waals surface area contributed by atoms with Crippen LogP contribution in [-0.4, -0.2) is 32.2 Å². The molecule has 1 amide bonds. The van der Waals surface area contributed by atoms with Crippen molar-refractivity contribution in [2.24, 2.45) is 0 Å². The van der Waals surface area contributed by atoms with Gasteiger partial charge in [0.15, 0.2) is 0 Å². The van der Waals surface area contributed by atoms with E-state index < -0.39 is 11.9 Å². The highest BCUT2D eigenvalue weighted by atomic mass is 16.4. The van der Waals surface area contributed by atoms with Crippen LogP contribution in [0.4, 0.5) is 5.82 Å². The van der Waals surface area contributed by atoms with Gasteiger partial charge >= 0.3 is 5.97 Å². The number of carboxylic acids is 1. The molecule has 2 rings (SSSR count). The van der Waals surface area contributed by atoms with Gasteiger partial charge in [-0.05, 0) is 12.1 Å². The van der Waals surface area contributed by atoms with Crippen molar-refractivity contribution in [2.45, 2.75) is 0 Å². The van der Waals surface area contributed by atoms with Crippen LogP contribution in [0.1, 0.15) is 20.7 Å². The lowest BCUT2D eigenvalue weighted by Gasteiger charge is -2.02. The van der Waals surface area contributed by atoms with Crippen LogP contribution in [0.15, 0.2) is 30.7 Å². The molecular weight excluding hydrogens is 224 g/mol. The number of anilines is 1. The van der Waals surface area contributed by atoms with Gasteiger partial charge in [-0.15, -0.1) is 0 Å². The first-order valence-electron chi connectivity index (χ1n) is 4.66. The quantitative estimate of drug-likeness (QED) is 0.723. The number of nitrogens with zero attached hydrogens (tertiary/aromatic N) is 2. The molecule has 0 aromatic carbocycles. The normalized spacial score (nSPS) is 9.88. The monoisotopic (exact) mass is 232 g/mol. The van der Waals surface area contributed by atoms with Gasteiger partial charge in [0, 0.05) is 12.4 Å². The lowest BCUT2D eigenvalue weighted by atomic mass is 10.2. The number of carbonyl (C=O) groups excluding carboxylic acids is 1. The van der Waals surface area contributed by atoms with Gasteiger partial charge in [0.2, 0.25) is 0 Å². The van der Waals surface area contributed by atoms with E-state index in [-0.39, 0.29) is 11.4 Å². The van der Waals surface area contributed by atoms with E-state index >= 15 is 0 Å². The molecule has 2 aromatic heterocycles. The lowest BCUT2D eigenvalue weighted by molar-refractivity contribution is 0.0696. The predicted octanol–water partition coefficient (Wildman–Crippen LogP) is 0.755. The van der Waals surface area contributed by atoms with Crippen molar-refractivity contribution in [3.8, 4) is 0 Å². The number of carboxylic acid groups (broad SMARTS) is 1. The molecule has 7 nitrogen and oxygen atoms in total. The van der Waals surface area contributed by atoms with Crippen LogP contribution >= 0.6 is 0 Å². The Morgan fingerprint density at radius 3 is 2.82 bits per heavy atom. The number of aromatic carboxylic acids is 1.